The number of urea groups is 1. The van der Waals surface area contributed by atoms with Gasteiger partial charge in [-0.15, -0.1) is 0 Å². The van der Waals surface area contributed by atoms with Gasteiger partial charge >= 0.3 is 6.03 Å². The zero-order chi connectivity index (χ0) is 12.8. The number of fused-ring (bicyclic) bond motifs is 1. The highest BCUT2D eigenvalue weighted by Gasteiger charge is 2.21. The smallest absolute Gasteiger partial charge is 0.315 e. The summed E-state index contributed by atoms with van der Waals surface area (Å²) in [6, 6.07) is 8.42. The Labute approximate surface area is 107 Å². The maximum absolute atomic E-state index is 11.6. The molecule has 0 heterocycles. The Kier molecular flexibility index (Phi) is 4.59. The lowest BCUT2D eigenvalue weighted by atomic mass is 10.1. The molecule has 0 unspecified atom stereocenters. The molecule has 2 rings (SSSR count). The number of nitrogens with one attached hydrogen (secondary N) is 2. The van der Waals surface area contributed by atoms with Gasteiger partial charge in [0.15, 0.2) is 0 Å². The van der Waals surface area contributed by atoms with E-state index in [-0.39, 0.29) is 18.7 Å². The lowest BCUT2D eigenvalue weighted by Crippen LogP contribution is -2.42. The number of aliphatic hydroxyl groups is 1. The predicted octanol–water partition coefficient (Wildman–Crippen LogP) is 1.23. The van der Waals surface area contributed by atoms with Crippen molar-refractivity contribution < 1.29 is 9.90 Å². The molecule has 4 nitrogen and oxygen atoms in total. The van der Waals surface area contributed by atoms with Crippen LogP contribution in [0.15, 0.2) is 24.3 Å². The normalized spacial score (nSPS) is 14.3. The molecule has 0 spiro atoms. The van der Waals surface area contributed by atoms with Crippen LogP contribution in [0.2, 0.25) is 0 Å². The molecule has 1 aliphatic carbocycles. The Hall–Kier alpha value is -1.55. The van der Waals surface area contributed by atoms with E-state index in [0.717, 1.165) is 25.7 Å². The third-order valence-corrected chi connectivity index (χ3v) is 3.26. The van der Waals surface area contributed by atoms with Crippen LogP contribution in [0.1, 0.15) is 24.0 Å². The van der Waals surface area contributed by atoms with E-state index in [1.165, 1.54) is 11.1 Å². The Morgan fingerprint density at radius 3 is 2.50 bits per heavy atom. The second kappa shape index (κ2) is 6.40. The number of rotatable bonds is 5. The molecule has 4 heteroatoms. The molecule has 0 saturated heterocycles. The van der Waals surface area contributed by atoms with Crippen molar-refractivity contribution >= 4 is 6.03 Å². The number of unbranched alkanes of at least 4 members (excludes halogenated alkanes) is 1. The minimum Gasteiger partial charge on any atom is -0.396 e. The molecule has 3 N–H and O–H groups in total. The van der Waals surface area contributed by atoms with Gasteiger partial charge in [0, 0.05) is 19.2 Å². The lowest BCUT2D eigenvalue weighted by Gasteiger charge is -2.12. The second-order valence-electron chi connectivity index (χ2n) is 4.70. The summed E-state index contributed by atoms with van der Waals surface area (Å²) in [6.45, 7) is 0.799. The van der Waals surface area contributed by atoms with E-state index >= 15 is 0 Å². The molecule has 1 aromatic carbocycles. The van der Waals surface area contributed by atoms with Crippen molar-refractivity contribution in [2.45, 2.75) is 31.7 Å². The summed E-state index contributed by atoms with van der Waals surface area (Å²) in [5.41, 5.74) is 2.67. The fourth-order valence-corrected chi connectivity index (χ4v) is 2.34. The highest BCUT2D eigenvalue weighted by Crippen LogP contribution is 2.21. The number of carbonyl (C=O) groups is 1. The molecule has 0 fully saturated rings. The second-order valence-corrected chi connectivity index (χ2v) is 4.70. The van der Waals surface area contributed by atoms with Gasteiger partial charge in [-0.1, -0.05) is 24.3 Å². The third-order valence-electron chi connectivity index (χ3n) is 3.26. The Balaban J connectivity index is 1.71. The van der Waals surface area contributed by atoms with Crippen LogP contribution in [-0.2, 0) is 12.8 Å². The largest absolute Gasteiger partial charge is 0.396 e. The first kappa shape index (κ1) is 12.9. The van der Waals surface area contributed by atoms with Crippen molar-refractivity contribution in [1.82, 2.24) is 10.6 Å². The number of hydrogen-bond donors (Lipinski definition) is 3. The van der Waals surface area contributed by atoms with Crippen LogP contribution in [0.4, 0.5) is 4.79 Å². The van der Waals surface area contributed by atoms with Gasteiger partial charge in [-0.2, -0.15) is 0 Å². The van der Waals surface area contributed by atoms with E-state index in [1.54, 1.807) is 0 Å². The van der Waals surface area contributed by atoms with Crippen molar-refractivity contribution in [1.29, 1.82) is 0 Å². The highest BCUT2D eigenvalue weighted by molar-refractivity contribution is 5.74. The average Bonchev–Trinajstić information content (AvgIpc) is 2.76. The van der Waals surface area contributed by atoms with Crippen molar-refractivity contribution in [3.8, 4) is 0 Å². The van der Waals surface area contributed by atoms with E-state index in [2.05, 4.69) is 22.8 Å². The first-order valence-corrected chi connectivity index (χ1v) is 6.51. The monoisotopic (exact) mass is 248 g/mol. The van der Waals surface area contributed by atoms with E-state index in [1.807, 2.05) is 12.1 Å². The topological polar surface area (TPSA) is 61.4 Å². The molecular weight excluding hydrogens is 228 g/mol. The van der Waals surface area contributed by atoms with Crippen LogP contribution >= 0.6 is 0 Å². The molecule has 0 radical (unpaired) electrons. The van der Waals surface area contributed by atoms with E-state index in [9.17, 15) is 4.79 Å². The first-order valence-electron chi connectivity index (χ1n) is 6.51. The Morgan fingerprint density at radius 2 is 1.89 bits per heavy atom. The molecule has 2 amide bonds. The fourth-order valence-electron chi connectivity index (χ4n) is 2.34. The molecule has 0 aliphatic heterocycles. The molecule has 0 bridgehead atoms. The molecule has 0 atom stereocenters. The van der Waals surface area contributed by atoms with E-state index in [4.69, 9.17) is 5.11 Å². The van der Waals surface area contributed by atoms with E-state index in [0.29, 0.717) is 6.54 Å². The molecular formula is C14H20N2O2. The van der Waals surface area contributed by atoms with E-state index < -0.39 is 0 Å². The van der Waals surface area contributed by atoms with Gasteiger partial charge in [-0.05, 0) is 36.8 Å². The van der Waals surface area contributed by atoms with Crippen LogP contribution in [0, 0.1) is 0 Å². The molecule has 0 saturated carbocycles. The van der Waals surface area contributed by atoms with Crippen molar-refractivity contribution in [3.05, 3.63) is 35.4 Å². The number of hydrogen-bond acceptors (Lipinski definition) is 2. The standard InChI is InChI=1S/C14H20N2O2/c17-8-4-3-7-15-14(18)16-13-9-11-5-1-2-6-12(11)10-13/h1-2,5-6,13,17H,3-4,7-10H2,(H2,15,16,18). The zero-order valence-electron chi connectivity index (χ0n) is 10.5. The Morgan fingerprint density at radius 1 is 1.22 bits per heavy atom. The van der Waals surface area contributed by atoms with Crippen LogP contribution in [-0.4, -0.2) is 30.3 Å². The highest BCUT2D eigenvalue weighted by atomic mass is 16.3. The Bertz CT molecular complexity index is 382. The van der Waals surface area contributed by atoms with Gasteiger partial charge in [0.05, 0.1) is 0 Å². The quantitative estimate of drug-likeness (QED) is 0.686. The van der Waals surface area contributed by atoms with Crippen molar-refractivity contribution in [2.75, 3.05) is 13.2 Å². The molecule has 18 heavy (non-hydrogen) atoms. The average molecular weight is 248 g/mol. The summed E-state index contributed by atoms with van der Waals surface area (Å²) in [5.74, 6) is 0. The number of amides is 2. The van der Waals surface area contributed by atoms with Crippen LogP contribution in [0.3, 0.4) is 0 Å². The fraction of sp³-hybridized carbons (Fsp3) is 0.500. The summed E-state index contributed by atoms with van der Waals surface area (Å²) >= 11 is 0. The van der Waals surface area contributed by atoms with Gasteiger partial charge in [0.25, 0.3) is 0 Å². The summed E-state index contributed by atoms with van der Waals surface area (Å²) in [7, 11) is 0. The predicted molar refractivity (Wildman–Crippen MR) is 70.5 cm³/mol. The summed E-state index contributed by atoms with van der Waals surface area (Å²) in [4.78, 5) is 11.6. The van der Waals surface area contributed by atoms with Crippen LogP contribution in [0.5, 0.6) is 0 Å². The molecule has 98 valence electrons. The van der Waals surface area contributed by atoms with Gasteiger partial charge < -0.3 is 15.7 Å². The summed E-state index contributed by atoms with van der Waals surface area (Å²) < 4.78 is 0. The molecule has 1 aliphatic rings. The summed E-state index contributed by atoms with van der Waals surface area (Å²) in [6.07, 6.45) is 3.38. The first-order chi connectivity index (χ1) is 8.79. The number of carbonyl (C=O) groups excluding carboxylic acids is 1. The number of aliphatic hydroxyl groups excluding tert-OH is 1. The van der Waals surface area contributed by atoms with Crippen molar-refractivity contribution in [2.24, 2.45) is 0 Å². The van der Waals surface area contributed by atoms with Gasteiger partial charge in [-0.3, -0.25) is 0 Å². The maximum Gasteiger partial charge on any atom is 0.315 e. The van der Waals surface area contributed by atoms with Gasteiger partial charge in [0.1, 0.15) is 0 Å². The minimum absolute atomic E-state index is 0.106. The van der Waals surface area contributed by atoms with Gasteiger partial charge in [0.2, 0.25) is 0 Å². The summed E-state index contributed by atoms with van der Waals surface area (Å²) in [5, 5.41) is 14.4. The SMILES string of the molecule is O=C(NCCCCO)NC1Cc2ccccc2C1. The molecule has 0 aromatic heterocycles. The van der Waals surface area contributed by atoms with Gasteiger partial charge in [-0.25, -0.2) is 4.79 Å². The third kappa shape index (κ3) is 3.47. The van der Waals surface area contributed by atoms with Crippen LogP contribution in [0.25, 0.3) is 0 Å². The zero-order valence-corrected chi connectivity index (χ0v) is 10.5. The minimum atomic E-state index is -0.106. The lowest BCUT2D eigenvalue weighted by molar-refractivity contribution is 0.236. The van der Waals surface area contributed by atoms with Crippen LogP contribution < -0.4 is 10.6 Å². The number of benzene rings is 1. The van der Waals surface area contributed by atoms with Crippen molar-refractivity contribution in [3.63, 3.8) is 0 Å². The maximum atomic E-state index is 11.6. The molecule has 1 aromatic rings.